The van der Waals surface area contributed by atoms with Crippen molar-refractivity contribution in [2.75, 3.05) is 32.7 Å². The van der Waals surface area contributed by atoms with Gasteiger partial charge >= 0.3 is 0 Å². The fraction of sp³-hybridized carbons (Fsp3) is 0.652. The lowest BCUT2D eigenvalue weighted by Crippen LogP contribution is -2.56. The van der Waals surface area contributed by atoms with E-state index in [0.717, 1.165) is 51.5 Å². The van der Waals surface area contributed by atoms with Crippen LogP contribution in [0.2, 0.25) is 0 Å². The first-order chi connectivity index (χ1) is 13.7. The molecule has 2 heterocycles. The Morgan fingerprint density at radius 2 is 1.68 bits per heavy atom. The first kappa shape index (κ1) is 19.4. The number of amides is 2. The average molecular weight is 384 g/mol. The first-order valence-corrected chi connectivity index (χ1v) is 11.1. The highest BCUT2D eigenvalue weighted by Crippen LogP contribution is 2.29. The van der Waals surface area contributed by atoms with Gasteiger partial charge in [0.25, 0.3) is 0 Å². The lowest BCUT2D eigenvalue weighted by molar-refractivity contribution is -0.142. The topological polar surface area (TPSA) is 43.9 Å². The highest BCUT2D eigenvalue weighted by molar-refractivity contribution is 5.83. The molecule has 0 N–H and O–H groups in total. The van der Waals surface area contributed by atoms with Crippen molar-refractivity contribution in [1.82, 2.24) is 14.7 Å². The number of hydrogen-bond acceptors (Lipinski definition) is 3. The maximum absolute atomic E-state index is 13.1. The van der Waals surface area contributed by atoms with Gasteiger partial charge in [0.1, 0.15) is 0 Å². The third-order valence-corrected chi connectivity index (χ3v) is 6.83. The van der Waals surface area contributed by atoms with E-state index in [9.17, 15) is 9.59 Å². The van der Waals surface area contributed by atoms with Gasteiger partial charge in [0.05, 0.1) is 6.04 Å². The number of nitrogens with zero attached hydrogens (tertiary/aromatic N) is 3. The van der Waals surface area contributed by atoms with Crippen LogP contribution >= 0.6 is 0 Å². The van der Waals surface area contributed by atoms with E-state index in [1.807, 2.05) is 28.0 Å². The van der Waals surface area contributed by atoms with Crippen molar-refractivity contribution in [1.29, 1.82) is 0 Å². The normalized spacial score (nSPS) is 24.3. The molecule has 0 radical (unpaired) electrons. The molecule has 4 rings (SSSR count). The van der Waals surface area contributed by atoms with Gasteiger partial charge in [-0.2, -0.15) is 0 Å². The standard InChI is InChI=1S/C23H33N3O2/c27-22(11-10-19-6-4-5-7-19)25-13-12-21-23(28)26(17-15-24(21)14-16-25)18-20-8-2-1-3-9-20/h1-3,8-9,19,21H,4-7,10-18H2. The van der Waals surface area contributed by atoms with Crippen molar-refractivity contribution < 1.29 is 9.59 Å². The van der Waals surface area contributed by atoms with Crippen molar-refractivity contribution in [3.05, 3.63) is 35.9 Å². The Hall–Kier alpha value is -1.88. The summed E-state index contributed by atoms with van der Waals surface area (Å²) in [7, 11) is 0. The van der Waals surface area contributed by atoms with Gasteiger partial charge in [0, 0.05) is 45.7 Å². The summed E-state index contributed by atoms with van der Waals surface area (Å²) >= 11 is 0. The van der Waals surface area contributed by atoms with Crippen LogP contribution in [-0.4, -0.2) is 65.3 Å². The summed E-state index contributed by atoms with van der Waals surface area (Å²) in [6, 6.07) is 10.2. The smallest absolute Gasteiger partial charge is 0.240 e. The molecule has 1 saturated carbocycles. The molecule has 1 aliphatic carbocycles. The van der Waals surface area contributed by atoms with Gasteiger partial charge < -0.3 is 9.80 Å². The van der Waals surface area contributed by atoms with E-state index < -0.39 is 0 Å². The molecule has 3 aliphatic rings. The molecule has 1 aromatic carbocycles. The SMILES string of the molecule is O=C(CCC1CCCC1)N1CCC2C(=O)N(Cc3ccccc3)CCN2CC1. The molecular formula is C23H33N3O2. The van der Waals surface area contributed by atoms with E-state index in [1.54, 1.807) is 0 Å². The molecule has 3 fully saturated rings. The van der Waals surface area contributed by atoms with E-state index in [4.69, 9.17) is 0 Å². The van der Waals surface area contributed by atoms with Gasteiger partial charge in [-0.15, -0.1) is 0 Å². The van der Waals surface area contributed by atoms with Crippen molar-refractivity contribution in [3.63, 3.8) is 0 Å². The number of carbonyl (C=O) groups is 2. The average Bonchev–Trinajstić information content (AvgIpc) is 3.14. The summed E-state index contributed by atoms with van der Waals surface area (Å²) in [5.41, 5.74) is 1.18. The Kier molecular flexibility index (Phi) is 6.30. The van der Waals surface area contributed by atoms with Gasteiger partial charge in [0.2, 0.25) is 11.8 Å². The van der Waals surface area contributed by atoms with Crippen LogP contribution in [0.5, 0.6) is 0 Å². The van der Waals surface area contributed by atoms with E-state index in [0.29, 0.717) is 18.9 Å². The summed E-state index contributed by atoms with van der Waals surface area (Å²) in [4.78, 5) is 32.1. The quantitative estimate of drug-likeness (QED) is 0.785. The lowest BCUT2D eigenvalue weighted by atomic mass is 10.0. The second-order valence-electron chi connectivity index (χ2n) is 8.66. The molecule has 1 aromatic rings. The predicted octanol–water partition coefficient (Wildman–Crippen LogP) is 2.90. The predicted molar refractivity (Wildman–Crippen MR) is 110 cm³/mol. The van der Waals surface area contributed by atoms with Crippen LogP contribution < -0.4 is 0 Å². The van der Waals surface area contributed by atoms with E-state index in [1.165, 1.54) is 31.2 Å². The Labute approximate surface area is 168 Å². The first-order valence-electron chi connectivity index (χ1n) is 11.1. The molecule has 5 heteroatoms. The number of fused-ring (bicyclic) bond motifs is 1. The lowest BCUT2D eigenvalue weighted by Gasteiger charge is -2.39. The van der Waals surface area contributed by atoms with Crippen LogP contribution in [0.25, 0.3) is 0 Å². The molecule has 5 nitrogen and oxygen atoms in total. The fourth-order valence-electron chi connectivity index (χ4n) is 5.09. The maximum atomic E-state index is 13.1. The van der Waals surface area contributed by atoms with Crippen LogP contribution in [-0.2, 0) is 16.1 Å². The zero-order valence-electron chi connectivity index (χ0n) is 16.9. The molecule has 1 unspecified atom stereocenters. The molecule has 1 atom stereocenters. The second-order valence-corrected chi connectivity index (χ2v) is 8.66. The molecule has 152 valence electrons. The number of benzene rings is 1. The molecule has 2 saturated heterocycles. The molecule has 0 bridgehead atoms. The van der Waals surface area contributed by atoms with Crippen LogP contribution in [0, 0.1) is 5.92 Å². The molecule has 2 aliphatic heterocycles. The van der Waals surface area contributed by atoms with Gasteiger partial charge in [-0.1, -0.05) is 56.0 Å². The van der Waals surface area contributed by atoms with Crippen LogP contribution in [0.15, 0.2) is 30.3 Å². The number of piperazine rings is 1. The third-order valence-electron chi connectivity index (χ3n) is 6.83. The van der Waals surface area contributed by atoms with E-state index in [2.05, 4.69) is 17.0 Å². The van der Waals surface area contributed by atoms with Crippen molar-refractivity contribution in [3.8, 4) is 0 Å². The molecule has 28 heavy (non-hydrogen) atoms. The van der Waals surface area contributed by atoms with Gasteiger partial charge in [-0.25, -0.2) is 0 Å². The third kappa shape index (κ3) is 4.57. The van der Waals surface area contributed by atoms with Crippen molar-refractivity contribution in [2.45, 2.75) is 57.5 Å². The molecule has 2 amide bonds. The largest absolute Gasteiger partial charge is 0.341 e. The van der Waals surface area contributed by atoms with Gasteiger partial charge in [0.15, 0.2) is 0 Å². The molecule has 0 aromatic heterocycles. The van der Waals surface area contributed by atoms with Crippen LogP contribution in [0.1, 0.15) is 50.5 Å². The summed E-state index contributed by atoms with van der Waals surface area (Å²) in [6.45, 7) is 4.69. The minimum atomic E-state index is -0.0647. The fourth-order valence-corrected chi connectivity index (χ4v) is 5.09. The maximum Gasteiger partial charge on any atom is 0.240 e. The Bertz CT molecular complexity index is 672. The second kappa shape index (κ2) is 9.08. The highest BCUT2D eigenvalue weighted by atomic mass is 16.2. The monoisotopic (exact) mass is 383 g/mol. The van der Waals surface area contributed by atoms with Crippen LogP contribution in [0.4, 0.5) is 0 Å². The number of carbonyl (C=O) groups excluding carboxylic acids is 2. The Morgan fingerprint density at radius 1 is 0.929 bits per heavy atom. The zero-order valence-corrected chi connectivity index (χ0v) is 16.9. The molecular weight excluding hydrogens is 350 g/mol. The zero-order chi connectivity index (χ0) is 19.3. The van der Waals surface area contributed by atoms with Crippen molar-refractivity contribution in [2.24, 2.45) is 5.92 Å². The number of hydrogen-bond donors (Lipinski definition) is 0. The van der Waals surface area contributed by atoms with Gasteiger partial charge in [-0.3, -0.25) is 14.5 Å². The minimum absolute atomic E-state index is 0.0647. The number of rotatable bonds is 5. The summed E-state index contributed by atoms with van der Waals surface area (Å²) in [6.07, 6.45) is 7.76. The Balaban J connectivity index is 1.31. The van der Waals surface area contributed by atoms with E-state index in [-0.39, 0.29) is 11.9 Å². The summed E-state index contributed by atoms with van der Waals surface area (Å²) in [5.74, 6) is 1.28. The van der Waals surface area contributed by atoms with E-state index >= 15 is 0 Å². The molecule has 0 spiro atoms. The van der Waals surface area contributed by atoms with Crippen molar-refractivity contribution >= 4 is 11.8 Å². The Morgan fingerprint density at radius 3 is 2.46 bits per heavy atom. The van der Waals surface area contributed by atoms with Crippen LogP contribution in [0.3, 0.4) is 0 Å². The summed E-state index contributed by atoms with van der Waals surface area (Å²) in [5, 5.41) is 0. The van der Waals surface area contributed by atoms with Gasteiger partial charge in [-0.05, 0) is 24.3 Å². The summed E-state index contributed by atoms with van der Waals surface area (Å²) < 4.78 is 0. The highest BCUT2D eigenvalue weighted by Gasteiger charge is 2.37. The minimum Gasteiger partial charge on any atom is -0.341 e.